The van der Waals surface area contributed by atoms with Crippen LogP contribution in [0.3, 0.4) is 0 Å². The van der Waals surface area contributed by atoms with Crippen molar-refractivity contribution in [1.29, 1.82) is 0 Å². The summed E-state index contributed by atoms with van der Waals surface area (Å²) in [6.07, 6.45) is 3.13. The molecule has 1 aromatic rings. The Morgan fingerprint density at radius 1 is 1.35 bits per heavy atom. The number of methoxy groups -OCH3 is 1. The van der Waals surface area contributed by atoms with Crippen molar-refractivity contribution in [2.45, 2.75) is 26.2 Å². The van der Waals surface area contributed by atoms with Crippen LogP contribution in [-0.4, -0.2) is 31.0 Å². The van der Waals surface area contributed by atoms with Crippen molar-refractivity contribution in [2.75, 3.05) is 20.2 Å². The molecule has 3 nitrogen and oxygen atoms in total. The average Bonchev–Trinajstić information content (AvgIpc) is 2.90. The van der Waals surface area contributed by atoms with Crippen LogP contribution < -0.4 is 4.74 Å². The predicted octanol–water partition coefficient (Wildman–Crippen LogP) is 2.49. The van der Waals surface area contributed by atoms with Gasteiger partial charge in [0, 0.05) is 18.7 Å². The van der Waals surface area contributed by atoms with Gasteiger partial charge in [0.1, 0.15) is 5.75 Å². The molecule has 0 N–H and O–H groups in total. The molecule has 1 aromatic carbocycles. The van der Waals surface area contributed by atoms with Crippen molar-refractivity contribution in [3.8, 4) is 5.75 Å². The molecule has 3 heteroatoms. The Bertz CT molecular complexity index is 409. The van der Waals surface area contributed by atoms with Gasteiger partial charge < -0.3 is 9.64 Å². The van der Waals surface area contributed by atoms with E-state index in [1.165, 1.54) is 0 Å². The second-order valence-corrected chi connectivity index (χ2v) is 4.38. The number of rotatable bonds is 3. The maximum Gasteiger partial charge on any atom is 0.253 e. The predicted molar refractivity (Wildman–Crippen MR) is 67.5 cm³/mol. The van der Waals surface area contributed by atoms with Crippen LogP contribution in [0, 0.1) is 0 Å². The molecule has 0 atom stereocenters. The Labute approximate surface area is 102 Å². The average molecular weight is 233 g/mol. The van der Waals surface area contributed by atoms with Crippen LogP contribution in [0.2, 0.25) is 0 Å². The lowest BCUT2D eigenvalue weighted by Gasteiger charge is -2.16. The summed E-state index contributed by atoms with van der Waals surface area (Å²) in [6.45, 7) is 3.86. The number of carbonyl (C=O) groups is 1. The van der Waals surface area contributed by atoms with E-state index in [-0.39, 0.29) is 5.91 Å². The van der Waals surface area contributed by atoms with E-state index >= 15 is 0 Å². The van der Waals surface area contributed by atoms with Gasteiger partial charge in [-0.15, -0.1) is 0 Å². The summed E-state index contributed by atoms with van der Waals surface area (Å²) >= 11 is 0. The zero-order valence-electron chi connectivity index (χ0n) is 10.5. The molecule has 1 saturated heterocycles. The molecular formula is C14H19NO2. The monoisotopic (exact) mass is 233 g/mol. The Balaban J connectivity index is 2.23. The molecule has 1 amide bonds. The number of hydrogen-bond acceptors (Lipinski definition) is 2. The summed E-state index contributed by atoms with van der Waals surface area (Å²) in [4.78, 5) is 14.1. The summed E-state index contributed by atoms with van der Waals surface area (Å²) in [5.74, 6) is 1.02. The number of hydrogen-bond donors (Lipinski definition) is 0. The summed E-state index contributed by atoms with van der Waals surface area (Å²) in [6, 6.07) is 5.71. The highest BCUT2D eigenvalue weighted by molar-refractivity contribution is 5.94. The maximum absolute atomic E-state index is 12.2. The maximum atomic E-state index is 12.2. The van der Waals surface area contributed by atoms with Gasteiger partial charge in [-0.3, -0.25) is 4.79 Å². The highest BCUT2D eigenvalue weighted by Gasteiger charge is 2.20. The first-order valence-corrected chi connectivity index (χ1v) is 6.22. The van der Waals surface area contributed by atoms with Gasteiger partial charge in [-0.2, -0.15) is 0 Å². The van der Waals surface area contributed by atoms with E-state index in [9.17, 15) is 4.79 Å². The smallest absolute Gasteiger partial charge is 0.253 e. The number of amides is 1. The van der Waals surface area contributed by atoms with Crippen LogP contribution in [0.1, 0.15) is 35.7 Å². The molecule has 0 aliphatic carbocycles. The minimum absolute atomic E-state index is 0.153. The largest absolute Gasteiger partial charge is 0.496 e. The van der Waals surface area contributed by atoms with Gasteiger partial charge in [-0.1, -0.05) is 6.92 Å². The third-order valence-corrected chi connectivity index (χ3v) is 3.30. The van der Waals surface area contributed by atoms with Gasteiger partial charge >= 0.3 is 0 Å². The van der Waals surface area contributed by atoms with E-state index < -0.39 is 0 Å². The fourth-order valence-corrected chi connectivity index (χ4v) is 2.29. The number of carbonyl (C=O) groups excluding carboxylic acids is 1. The number of benzene rings is 1. The summed E-state index contributed by atoms with van der Waals surface area (Å²) in [5.41, 5.74) is 1.88. The van der Waals surface area contributed by atoms with Gasteiger partial charge in [0.15, 0.2) is 0 Å². The van der Waals surface area contributed by atoms with E-state index in [1.54, 1.807) is 7.11 Å². The van der Waals surface area contributed by atoms with Crippen LogP contribution >= 0.6 is 0 Å². The van der Waals surface area contributed by atoms with Gasteiger partial charge in [0.25, 0.3) is 5.91 Å². The second kappa shape index (κ2) is 5.21. The van der Waals surface area contributed by atoms with Crippen LogP contribution in [0.15, 0.2) is 18.2 Å². The Morgan fingerprint density at radius 3 is 2.65 bits per heavy atom. The molecule has 1 aliphatic rings. The minimum Gasteiger partial charge on any atom is -0.496 e. The first-order chi connectivity index (χ1) is 8.26. The molecule has 17 heavy (non-hydrogen) atoms. The van der Waals surface area contributed by atoms with E-state index in [1.807, 2.05) is 23.1 Å². The lowest BCUT2D eigenvalue weighted by atomic mass is 10.1. The van der Waals surface area contributed by atoms with E-state index in [0.717, 1.165) is 49.2 Å². The molecule has 0 unspecified atom stereocenters. The topological polar surface area (TPSA) is 29.5 Å². The fourth-order valence-electron chi connectivity index (χ4n) is 2.29. The van der Waals surface area contributed by atoms with Crippen molar-refractivity contribution in [1.82, 2.24) is 4.90 Å². The molecule has 2 rings (SSSR count). The zero-order valence-corrected chi connectivity index (χ0v) is 10.5. The van der Waals surface area contributed by atoms with Crippen LogP contribution in [0.25, 0.3) is 0 Å². The van der Waals surface area contributed by atoms with E-state index in [2.05, 4.69) is 6.92 Å². The van der Waals surface area contributed by atoms with Crippen LogP contribution in [0.4, 0.5) is 0 Å². The minimum atomic E-state index is 0.153. The van der Waals surface area contributed by atoms with E-state index in [4.69, 9.17) is 4.74 Å². The normalized spacial score (nSPS) is 15.1. The standard InChI is InChI=1S/C14H19NO2/c1-3-11-10-12(6-7-13(11)17-2)14(16)15-8-4-5-9-15/h6-7,10H,3-5,8-9H2,1-2H3. The van der Waals surface area contributed by atoms with Crippen molar-refractivity contribution in [2.24, 2.45) is 0 Å². The van der Waals surface area contributed by atoms with Crippen LogP contribution in [0.5, 0.6) is 5.75 Å². The third-order valence-electron chi connectivity index (χ3n) is 3.30. The second-order valence-electron chi connectivity index (χ2n) is 4.38. The fraction of sp³-hybridized carbons (Fsp3) is 0.500. The number of aryl methyl sites for hydroxylation is 1. The molecule has 0 spiro atoms. The lowest BCUT2D eigenvalue weighted by molar-refractivity contribution is 0.0792. The number of ether oxygens (including phenoxy) is 1. The molecule has 0 bridgehead atoms. The molecular weight excluding hydrogens is 214 g/mol. The quantitative estimate of drug-likeness (QED) is 0.802. The highest BCUT2D eigenvalue weighted by Crippen LogP contribution is 2.22. The van der Waals surface area contributed by atoms with Gasteiger partial charge in [-0.05, 0) is 43.0 Å². The third kappa shape index (κ3) is 2.43. The summed E-state index contributed by atoms with van der Waals surface area (Å²) in [5, 5.41) is 0. The van der Waals surface area contributed by atoms with E-state index in [0.29, 0.717) is 0 Å². The Morgan fingerprint density at radius 2 is 2.06 bits per heavy atom. The Kier molecular flexibility index (Phi) is 3.67. The van der Waals surface area contributed by atoms with Crippen molar-refractivity contribution in [3.63, 3.8) is 0 Å². The van der Waals surface area contributed by atoms with Crippen molar-refractivity contribution < 1.29 is 9.53 Å². The Hall–Kier alpha value is -1.51. The molecule has 92 valence electrons. The summed E-state index contributed by atoms with van der Waals surface area (Å²) in [7, 11) is 1.66. The summed E-state index contributed by atoms with van der Waals surface area (Å²) < 4.78 is 5.27. The highest BCUT2D eigenvalue weighted by atomic mass is 16.5. The molecule has 1 aliphatic heterocycles. The van der Waals surface area contributed by atoms with Crippen molar-refractivity contribution in [3.05, 3.63) is 29.3 Å². The number of nitrogens with zero attached hydrogens (tertiary/aromatic N) is 1. The SMILES string of the molecule is CCc1cc(C(=O)N2CCCC2)ccc1OC. The molecule has 0 aromatic heterocycles. The van der Waals surface area contributed by atoms with Gasteiger partial charge in [0.2, 0.25) is 0 Å². The molecule has 1 fully saturated rings. The van der Waals surface area contributed by atoms with Crippen LogP contribution in [-0.2, 0) is 6.42 Å². The number of likely N-dealkylation sites (tertiary alicyclic amines) is 1. The van der Waals surface area contributed by atoms with Gasteiger partial charge in [-0.25, -0.2) is 0 Å². The first kappa shape index (κ1) is 12.0. The molecule has 0 radical (unpaired) electrons. The van der Waals surface area contributed by atoms with Crippen molar-refractivity contribution >= 4 is 5.91 Å². The zero-order chi connectivity index (χ0) is 12.3. The molecule has 1 heterocycles. The van der Waals surface area contributed by atoms with Gasteiger partial charge in [0.05, 0.1) is 7.11 Å². The first-order valence-electron chi connectivity index (χ1n) is 6.22. The molecule has 0 saturated carbocycles. The lowest BCUT2D eigenvalue weighted by Crippen LogP contribution is -2.27.